The third-order valence-electron chi connectivity index (χ3n) is 4.46. The average Bonchev–Trinajstić information content (AvgIpc) is 3.09. The van der Waals surface area contributed by atoms with Crippen molar-refractivity contribution in [2.75, 3.05) is 30.4 Å². The zero-order valence-corrected chi connectivity index (χ0v) is 14.6. The van der Waals surface area contributed by atoms with Crippen molar-refractivity contribution in [1.29, 1.82) is 0 Å². The van der Waals surface area contributed by atoms with E-state index in [9.17, 15) is 0 Å². The third-order valence-corrected chi connectivity index (χ3v) is 4.46. The molecule has 0 bridgehead atoms. The Hall–Kier alpha value is -2.37. The van der Waals surface area contributed by atoms with Crippen LogP contribution < -0.4 is 15.0 Å². The van der Waals surface area contributed by atoms with Crippen LogP contribution in [-0.2, 0) is 12.8 Å². The minimum Gasteiger partial charge on any atom is -0.495 e. The van der Waals surface area contributed by atoms with Gasteiger partial charge in [-0.3, -0.25) is 0 Å². The maximum atomic E-state index is 5.47. The molecule has 2 heterocycles. The molecule has 2 aromatic rings. The number of methoxy groups -OCH3 is 1. The predicted octanol–water partition coefficient (Wildman–Crippen LogP) is 2.70. The minimum absolute atomic E-state index is 0.314. The van der Waals surface area contributed by atoms with Crippen LogP contribution in [0.3, 0.4) is 0 Å². The van der Waals surface area contributed by atoms with Crippen LogP contribution in [-0.4, -0.2) is 41.4 Å². The van der Waals surface area contributed by atoms with Gasteiger partial charge in [0, 0.05) is 19.1 Å². The van der Waals surface area contributed by atoms with E-state index in [1.54, 1.807) is 7.11 Å². The summed E-state index contributed by atoms with van der Waals surface area (Å²) in [7, 11) is 1.71. The summed E-state index contributed by atoms with van der Waals surface area (Å²) >= 11 is 0. The molecule has 0 spiro atoms. The lowest BCUT2D eigenvalue weighted by Gasteiger charge is -2.21. The lowest BCUT2D eigenvalue weighted by molar-refractivity contribution is 0.415. The van der Waals surface area contributed by atoms with Crippen LogP contribution in [0.4, 0.5) is 11.6 Å². The molecule has 1 aromatic heterocycles. The Labute approximate surface area is 143 Å². The van der Waals surface area contributed by atoms with Crippen LogP contribution in [0.25, 0.3) is 0 Å². The smallest absolute Gasteiger partial charge is 0.243 e. The first kappa shape index (κ1) is 16.5. The highest BCUT2D eigenvalue weighted by atomic mass is 16.5. The summed E-state index contributed by atoms with van der Waals surface area (Å²) in [6.45, 7) is 6.08. The van der Waals surface area contributed by atoms with Crippen molar-refractivity contribution in [2.24, 2.45) is 0 Å². The number of nitrogens with zero attached hydrogens (tertiary/aromatic N) is 4. The van der Waals surface area contributed by atoms with Crippen molar-refractivity contribution in [3.63, 3.8) is 0 Å². The molecule has 0 aliphatic carbocycles. The summed E-state index contributed by atoms with van der Waals surface area (Å²) in [4.78, 5) is 6.97. The van der Waals surface area contributed by atoms with Gasteiger partial charge in [-0.05, 0) is 31.4 Å². The molecule has 24 heavy (non-hydrogen) atoms. The van der Waals surface area contributed by atoms with Crippen LogP contribution in [0, 0.1) is 0 Å². The number of hydrogen-bond acceptors (Lipinski definition) is 6. The molecule has 0 amide bonds. The molecule has 3 rings (SSSR count). The quantitative estimate of drug-likeness (QED) is 0.880. The van der Waals surface area contributed by atoms with Gasteiger partial charge in [-0.15, -0.1) is 5.10 Å². The maximum absolute atomic E-state index is 5.47. The van der Waals surface area contributed by atoms with E-state index in [2.05, 4.69) is 45.3 Å². The van der Waals surface area contributed by atoms with Gasteiger partial charge in [0.2, 0.25) is 5.95 Å². The summed E-state index contributed by atoms with van der Waals surface area (Å²) in [6.07, 6.45) is 2.79. The highest BCUT2D eigenvalue weighted by Gasteiger charge is 2.25. The molecule has 1 aliphatic heterocycles. The standard InChI is InChI=1S/C18H25N5O/c1-4-14-15(5-2)21-22-18(20-14)19-13-10-11-23(12-13)16-8-6-7-9-17(16)24-3/h6-9,13H,4-5,10-12H2,1-3H3,(H,19,20,22)/t13-/m0/s1. The summed E-state index contributed by atoms with van der Waals surface area (Å²) < 4.78 is 5.47. The second-order valence-electron chi connectivity index (χ2n) is 5.98. The minimum atomic E-state index is 0.314. The number of aryl methyl sites for hydroxylation is 2. The Morgan fingerprint density at radius 1 is 1.17 bits per heavy atom. The molecule has 128 valence electrons. The van der Waals surface area contributed by atoms with E-state index in [1.165, 1.54) is 0 Å². The van der Waals surface area contributed by atoms with Gasteiger partial charge in [-0.2, -0.15) is 5.10 Å². The first-order valence-corrected chi connectivity index (χ1v) is 8.62. The topological polar surface area (TPSA) is 63.2 Å². The predicted molar refractivity (Wildman–Crippen MR) is 95.8 cm³/mol. The average molecular weight is 327 g/mol. The molecule has 0 radical (unpaired) electrons. The molecule has 1 atom stereocenters. The monoisotopic (exact) mass is 327 g/mol. The Morgan fingerprint density at radius 2 is 1.96 bits per heavy atom. The van der Waals surface area contributed by atoms with Crippen molar-refractivity contribution >= 4 is 11.6 Å². The molecule has 0 unspecified atom stereocenters. The van der Waals surface area contributed by atoms with Gasteiger partial charge in [0.25, 0.3) is 0 Å². The molecular formula is C18H25N5O. The number of hydrogen-bond donors (Lipinski definition) is 1. The summed E-state index contributed by atoms with van der Waals surface area (Å²) in [5, 5.41) is 12.0. The molecule has 1 saturated heterocycles. The number of anilines is 2. The van der Waals surface area contributed by atoms with Crippen LogP contribution >= 0.6 is 0 Å². The molecule has 1 aliphatic rings. The summed E-state index contributed by atoms with van der Waals surface area (Å²) in [5.74, 6) is 1.55. The van der Waals surface area contributed by atoms with E-state index in [1.807, 2.05) is 18.2 Å². The highest BCUT2D eigenvalue weighted by molar-refractivity contribution is 5.59. The van der Waals surface area contributed by atoms with Gasteiger partial charge in [0.1, 0.15) is 5.75 Å². The van der Waals surface area contributed by atoms with Crippen molar-refractivity contribution in [3.8, 4) is 5.75 Å². The van der Waals surface area contributed by atoms with Crippen molar-refractivity contribution in [2.45, 2.75) is 39.2 Å². The zero-order valence-electron chi connectivity index (χ0n) is 14.6. The molecule has 1 fully saturated rings. The molecule has 1 aromatic carbocycles. The number of ether oxygens (including phenoxy) is 1. The molecule has 1 N–H and O–H groups in total. The Kier molecular flexibility index (Phi) is 5.13. The Bertz CT molecular complexity index is 691. The first-order chi connectivity index (χ1) is 11.7. The van der Waals surface area contributed by atoms with Gasteiger partial charge in [0.05, 0.1) is 24.2 Å². The van der Waals surface area contributed by atoms with Gasteiger partial charge in [0.15, 0.2) is 0 Å². The number of benzene rings is 1. The van der Waals surface area contributed by atoms with Gasteiger partial charge in [-0.25, -0.2) is 4.98 Å². The third kappa shape index (κ3) is 3.42. The molecular weight excluding hydrogens is 302 g/mol. The molecule has 6 nitrogen and oxygen atoms in total. The Morgan fingerprint density at radius 3 is 2.71 bits per heavy atom. The first-order valence-electron chi connectivity index (χ1n) is 8.62. The second kappa shape index (κ2) is 7.47. The highest BCUT2D eigenvalue weighted by Crippen LogP contribution is 2.30. The van der Waals surface area contributed by atoms with E-state index >= 15 is 0 Å². The lowest BCUT2D eigenvalue weighted by atomic mass is 10.2. The molecule has 0 saturated carbocycles. The largest absolute Gasteiger partial charge is 0.495 e. The Balaban J connectivity index is 1.68. The second-order valence-corrected chi connectivity index (χ2v) is 5.98. The number of aromatic nitrogens is 3. The fourth-order valence-corrected chi connectivity index (χ4v) is 3.17. The fourth-order valence-electron chi connectivity index (χ4n) is 3.17. The van der Waals surface area contributed by atoms with Gasteiger partial charge < -0.3 is 15.0 Å². The summed E-state index contributed by atoms with van der Waals surface area (Å²) in [6, 6.07) is 8.46. The zero-order chi connectivity index (χ0) is 16.9. The maximum Gasteiger partial charge on any atom is 0.243 e. The van der Waals surface area contributed by atoms with E-state index in [-0.39, 0.29) is 0 Å². The van der Waals surface area contributed by atoms with E-state index in [0.29, 0.717) is 12.0 Å². The van der Waals surface area contributed by atoms with Crippen LogP contribution in [0.2, 0.25) is 0 Å². The summed E-state index contributed by atoms with van der Waals surface area (Å²) in [5.41, 5.74) is 3.17. The fraction of sp³-hybridized carbons (Fsp3) is 0.500. The van der Waals surface area contributed by atoms with Gasteiger partial charge >= 0.3 is 0 Å². The lowest BCUT2D eigenvalue weighted by Crippen LogP contribution is -2.27. The SMILES string of the molecule is CCc1nnc(N[C@H]2CCN(c3ccccc3OC)C2)nc1CC. The van der Waals surface area contributed by atoms with Gasteiger partial charge in [-0.1, -0.05) is 26.0 Å². The van der Waals surface area contributed by atoms with E-state index in [4.69, 9.17) is 4.74 Å². The van der Waals surface area contributed by atoms with E-state index in [0.717, 1.165) is 55.2 Å². The van der Waals surface area contributed by atoms with Crippen molar-refractivity contribution in [1.82, 2.24) is 15.2 Å². The molecule has 6 heteroatoms. The van der Waals surface area contributed by atoms with Crippen LogP contribution in [0.5, 0.6) is 5.75 Å². The van der Waals surface area contributed by atoms with E-state index < -0.39 is 0 Å². The van der Waals surface area contributed by atoms with Crippen LogP contribution in [0.15, 0.2) is 24.3 Å². The normalized spacial score (nSPS) is 17.1. The van der Waals surface area contributed by atoms with Crippen molar-refractivity contribution < 1.29 is 4.74 Å². The number of para-hydroxylation sites is 2. The number of rotatable bonds is 6. The van der Waals surface area contributed by atoms with Crippen LogP contribution in [0.1, 0.15) is 31.7 Å². The number of nitrogens with one attached hydrogen (secondary N) is 1. The van der Waals surface area contributed by atoms with Crippen molar-refractivity contribution in [3.05, 3.63) is 35.7 Å².